The van der Waals surface area contributed by atoms with Crippen LogP contribution in [0.4, 0.5) is 21.8 Å². The third-order valence-corrected chi connectivity index (χ3v) is 6.12. The predicted octanol–water partition coefficient (Wildman–Crippen LogP) is 3.94. The monoisotopic (exact) mass is 473 g/mol. The number of nitrogens with one attached hydrogen (secondary N) is 4. The molecule has 0 spiro atoms. The van der Waals surface area contributed by atoms with Gasteiger partial charge in [0.15, 0.2) is 0 Å². The fourth-order valence-electron chi connectivity index (χ4n) is 4.31. The number of piperidine rings is 1. The molecule has 1 unspecified atom stereocenters. The van der Waals surface area contributed by atoms with Gasteiger partial charge < -0.3 is 25.8 Å². The van der Waals surface area contributed by atoms with E-state index in [2.05, 4.69) is 31.2 Å². The molecule has 4 N–H and O–H groups in total. The van der Waals surface area contributed by atoms with Gasteiger partial charge in [-0.05, 0) is 55.3 Å². The largest absolute Gasteiger partial charge is 0.365 e. The number of amides is 1. The number of rotatable bonds is 7. The van der Waals surface area contributed by atoms with Crippen molar-refractivity contribution in [1.82, 2.24) is 25.2 Å². The lowest BCUT2D eigenvalue weighted by molar-refractivity contribution is 0.0931. The van der Waals surface area contributed by atoms with E-state index >= 15 is 0 Å². The Balaban J connectivity index is 1.40. The first-order valence-corrected chi connectivity index (χ1v) is 11.8. The lowest BCUT2D eigenvalue weighted by atomic mass is 10.1. The van der Waals surface area contributed by atoms with E-state index in [4.69, 9.17) is 0 Å². The number of halogens is 1. The molecule has 35 heavy (non-hydrogen) atoms. The van der Waals surface area contributed by atoms with E-state index in [0.717, 1.165) is 42.5 Å². The first-order valence-electron chi connectivity index (χ1n) is 11.8. The van der Waals surface area contributed by atoms with Crippen molar-refractivity contribution in [3.05, 3.63) is 77.7 Å². The number of carbonyl (C=O) groups is 1. The summed E-state index contributed by atoms with van der Waals surface area (Å²) in [6, 6.07) is 15.8. The SMILES string of the molecule is Cn1ccc2c(NCc3cccc(F)c3)nc(Nc3ccccc3C(=O)NC3CCCNC3)nc21. The molecule has 3 heterocycles. The highest BCUT2D eigenvalue weighted by molar-refractivity contribution is 6.00. The number of fused-ring (bicyclic) bond motifs is 1. The molecule has 4 aromatic rings. The Morgan fingerprint density at radius 3 is 2.89 bits per heavy atom. The average Bonchev–Trinajstić information content (AvgIpc) is 3.24. The summed E-state index contributed by atoms with van der Waals surface area (Å²) in [5, 5.41) is 13.8. The second-order valence-electron chi connectivity index (χ2n) is 8.73. The molecule has 0 radical (unpaired) electrons. The number of hydrogen-bond donors (Lipinski definition) is 4. The van der Waals surface area contributed by atoms with Gasteiger partial charge in [0.2, 0.25) is 5.95 Å². The standard InChI is InChI=1S/C26H28FN7O/c1-34-13-11-21-23(29-15-17-6-4-7-18(27)14-17)32-26(33-24(21)34)31-22-10-3-2-9-20(22)25(35)30-19-8-5-12-28-16-19/h2-4,6-7,9-11,13-14,19,28H,5,8,12,15-16H2,1H3,(H,30,35)(H2,29,31,32,33). The molecule has 1 aliphatic heterocycles. The molecule has 1 saturated heterocycles. The van der Waals surface area contributed by atoms with Gasteiger partial charge in [0.05, 0.1) is 16.6 Å². The van der Waals surface area contributed by atoms with E-state index in [1.54, 1.807) is 12.1 Å². The Morgan fingerprint density at radius 1 is 1.17 bits per heavy atom. The minimum absolute atomic E-state index is 0.110. The highest BCUT2D eigenvalue weighted by Gasteiger charge is 2.19. The van der Waals surface area contributed by atoms with Gasteiger partial charge in [0, 0.05) is 32.4 Å². The number of anilines is 3. The molecule has 0 aliphatic carbocycles. The van der Waals surface area contributed by atoms with E-state index in [0.29, 0.717) is 29.6 Å². The van der Waals surface area contributed by atoms with Crippen LogP contribution in [0, 0.1) is 5.82 Å². The lowest BCUT2D eigenvalue weighted by Gasteiger charge is -2.24. The molecule has 2 aromatic carbocycles. The van der Waals surface area contributed by atoms with E-state index in [-0.39, 0.29) is 17.8 Å². The molecule has 9 heteroatoms. The molecule has 1 amide bonds. The Hall–Kier alpha value is -3.98. The number of benzene rings is 2. The summed E-state index contributed by atoms with van der Waals surface area (Å²) in [7, 11) is 1.91. The molecular formula is C26H28FN7O. The van der Waals surface area contributed by atoms with Gasteiger partial charge in [-0.1, -0.05) is 24.3 Å². The van der Waals surface area contributed by atoms with Gasteiger partial charge in [0.25, 0.3) is 5.91 Å². The van der Waals surface area contributed by atoms with Crippen LogP contribution in [0.3, 0.4) is 0 Å². The van der Waals surface area contributed by atoms with Gasteiger partial charge in [0.1, 0.15) is 17.3 Å². The average molecular weight is 474 g/mol. The normalized spacial score (nSPS) is 15.7. The Kier molecular flexibility index (Phi) is 6.58. The Bertz CT molecular complexity index is 1350. The van der Waals surface area contributed by atoms with Crippen LogP contribution in [0.1, 0.15) is 28.8 Å². The lowest BCUT2D eigenvalue weighted by Crippen LogP contribution is -2.45. The summed E-state index contributed by atoms with van der Waals surface area (Å²) >= 11 is 0. The van der Waals surface area contributed by atoms with Gasteiger partial charge in [-0.3, -0.25) is 4.79 Å². The predicted molar refractivity (Wildman–Crippen MR) is 135 cm³/mol. The highest BCUT2D eigenvalue weighted by Crippen LogP contribution is 2.26. The smallest absolute Gasteiger partial charge is 0.253 e. The fraction of sp³-hybridized carbons (Fsp3) is 0.269. The van der Waals surface area contributed by atoms with Crippen molar-refractivity contribution in [1.29, 1.82) is 0 Å². The first kappa shape index (κ1) is 22.8. The number of nitrogens with zero attached hydrogens (tertiary/aromatic N) is 3. The van der Waals surface area contributed by atoms with Crippen molar-refractivity contribution >= 4 is 34.4 Å². The maximum atomic E-state index is 13.6. The second kappa shape index (κ2) is 10.1. The third kappa shape index (κ3) is 5.25. The fourth-order valence-corrected chi connectivity index (χ4v) is 4.31. The van der Waals surface area contributed by atoms with Crippen molar-refractivity contribution < 1.29 is 9.18 Å². The summed E-state index contributed by atoms with van der Waals surface area (Å²) in [6.07, 6.45) is 3.92. The zero-order valence-corrected chi connectivity index (χ0v) is 19.5. The highest BCUT2D eigenvalue weighted by atomic mass is 19.1. The third-order valence-electron chi connectivity index (χ3n) is 6.12. The summed E-state index contributed by atoms with van der Waals surface area (Å²) in [6.45, 7) is 2.17. The molecule has 1 fully saturated rings. The van der Waals surface area contributed by atoms with Crippen LogP contribution in [0.5, 0.6) is 0 Å². The minimum atomic E-state index is -0.280. The van der Waals surface area contributed by atoms with Crippen LogP contribution in [-0.2, 0) is 13.6 Å². The van der Waals surface area contributed by atoms with E-state index in [1.165, 1.54) is 12.1 Å². The quantitative estimate of drug-likeness (QED) is 0.325. The zero-order valence-electron chi connectivity index (χ0n) is 19.5. The van der Waals surface area contributed by atoms with Gasteiger partial charge in [-0.25, -0.2) is 4.39 Å². The summed E-state index contributed by atoms with van der Waals surface area (Å²) in [5.74, 6) is 0.572. The number of hydrogen-bond acceptors (Lipinski definition) is 6. The maximum absolute atomic E-state index is 13.6. The van der Waals surface area contributed by atoms with Crippen LogP contribution in [0.25, 0.3) is 11.0 Å². The molecule has 0 bridgehead atoms. The summed E-state index contributed by atoms with van der Waals surface area (Å²) in [4.78, 5) is 22.4. The van der Waals surface area contributed by atoms with Crippen molar-refractivity contribution in [3.8, 4) is 0 Å². The van der Waals surface area contributed by atoms with Crippen LogP contribution >= 0.6 is 0 Å². The number of aromatic nitrogens is 3. The van der Waals surface area contributed by atoms with Crippen LogP contribution in [-0.4, -0.2) is 39.6 Å². The number of carbonyl (C=O) groups excluding carboxylic acids is 1. The molecular weight excluding hydrogens is 445 g/mol. The van der Waals surface area contributed by atoms with Gasteiger partial charge in [-0.2, -0.15) is 9.97 Å². The van der Waals surface area contributed by atoms with Crippen molar-refractivity contribution in [2.45, 2.75) is 25.4 Å². The topological polar surface area (TPSA) is 95.9 Å². The second-order valence-corrected chi connectivity index (χ2v) is 8.73. The van der Waals surface area contributed by atoms with Crippen molar-refractivity contribution in [3.63, 3.8) is 0 Å². The molecule has 5 rings (SSSR count). The van der Waals surface area contributed by atoms with Crippen LogP contribution < -0.4 is 21.3 Å². The van der Waals surface area contributed by atoms with Gasteiger partial charge >= 0.3 is 0 Å². The molecule has 1 aliphatic rings. The number of para-hydroxylation sites is 1. The Morgan fingerprint density at radius 2 is 2.06 bits per heavy atom. The van der Waals surface area contributed by atoms with Crippen LogP contribution in [0.2, 0.25) is 0 Å². The van der Waals surface area contributed by atoms with Crippen molar-refractivity contribution in [2.75, 3.05) is 23.7 Å². The summed E-state index contributed by atoms with van der Waals surface area (Å²) in [5.41, 5.74) is 2.70. The van der Waals surface area contributed by atoms with E-state index in [9.17, 15) is 9.18 Å². The first-order chi connectivity index (χ1) is 17.1. The maximum Gasteiger partial charge on any atom is 0.253 e. The summed E-state index contributed by atoms with van der Waals surface area (Å²) < 4.78 is 15.5. The molecule has 0 saturated carbocycles. The zero-order chi connectivity index (χ0) is 24.2. The van der Waals surface area contributed by atoms with Crippen LogP contribution in [0.15, 0.2) is 60.8 Å². The van der Waals surface area contributed by atoms with Crippen molar-refractivity contribution in [2.24, 2.45) is 7.05 Å². The van der Waals surface area contributed by atoms with E-state index in [1.807, 2.05) is 48.1 Å². The molecule has 8 nitrogen and oxygen atoms in total. The Labute approximate surface area is 203 Å². The molecule has 2 aromatic heterocycles. The number of aryl methyl sites for hydroxylation is 1. The van der Waals surface area contributed by atoms with E-state index < -0.39 is 0 Å². The molecule has 180 valence electrons. The van der Waals surface area contributed by atoms with Gasteiger partial charge in [-0.15, -0.1) is 0 Å². The molecule has 1 atom stereocenters. The minimum Gasteiger partial charge on any atom is -0.365 e.